The van der Waals surface area contributed by atoms with Gasteiger partial charge in [-0.15, -0.1) is 0 Å². The van der Waals surface area contributed by atoms with Crippen molar-refractivity contribution in [1.82, 2.24) is 4.90 Å². The van der Waals surface area contributed by atoms with Gasteiger partial charge >= 0.3 is 12.3 Å². The maximum absolute atomic E-state index is 13.7. The number of carbonyl (C=O) groups is 1. The molecule has 0 aliphatic carbocycles. The summed E-state index contributed by atoms with van der Waals surface area (Å²) < 4.78 is 46.5. The van der Waals surface area contributed by atoms with Crippen LogP contribution in [0.25, 0.3) is 0 Å². The molecule has 3 rings (SSSR count). The Balaban J connectivity index is 1.97. The zero-order chi connectivity index (χ0) is 21.6. The van der Waals surface area contributed by atoms with Crippen LogP contribution in [0.3, 0.4) is 0 Å². The number of hydrogen-bond acceptors (Lipinski definition) is 4. The van der Waals surface area contributed by atoms with Crippen LogP contribution in [-0.2, 0) is 16.5 Å². The molecular formula is C21H25F3N2O3. The van der Waals surface area contributed by atoms with Crippen LogP contribution in [0.1, 0.15) is 69.6 Å². The van der Waals surface area contributed by atoms with Crippen molar-refractivity contribution in [1.29, 1.82) is 5.26 Å². The van der Waals surface area contributed by atoms with Crippen molar-refractivity contribution in [3.63, 3.8) is 0 Å². The molecular weight excluding hydrogens is 385 g/mol. The summed E-state index contributed by atoms with van der Waals surface area (Å²) in [5.74, 6) is 0. The van der Waals surface area contributed by atoms with Crippen LogP contribution in [0.4, 0.5) is 18.0 Å². The van der Waals surface area contributed by atoms with E-state index in [1.165, 1.54) is 12.1 Å². The van der Waals surface area contributed by atoms with Gasteiger partial charge in [0.1, 0.15) is 5.60 Å². The molecule has 158 valence electrons. The number of piperidine rings is 2. The quantitative estimate of drug-likeness (QED) is 0.727. The molecule has 1 N–H and O–H groups in total. The molecule has 1 aromatic rings. The number of halogens is 3. The van der Waals surface area contributed by atoms with Crippen LogP contribution in [-0.4, -0.2) is 33.8 Å². The molecule has 0 aromatic heterocycles. The number of benzene rings is 1. The second kappa shape index (κ2) is 7.21. The van der Waals surface area contributed by atoms with Crippen molar-refractivity contribution >= 4 is 6.09 Å². The summed E-state index contributed by atoms with van der Waals surface area (Å²) in [5, 5.41) is 20.3. The highest BCUT2D eigenvalue weighted by molar-refractivity contribution is 5.69. The second-order valence-corrected chi connectivity index (χ2v) is 8.94. The van der Waals surface area contributed by atoms with Gasteiger partial charge in [0.2, 0.25) is 0 Å². The Hall–Kier alpha value is -2.27. The minimum absolute atomic E-state index is 0.00226. The van der Waals surface area contributed by atoms with Crippen LogP contribution < -0.4 is 0 Å². The van der Waals surface area contributed by atoms with E-state index >= 15 is 0 Å². The number of fused-ring (bicyclic) bond motifs is 2. The first-order valence-corrected chi connectivity index (χ1v) is 9.69. The fourth-order valence-corrected chi connectivity index (χ4v) is 4.52. The first-order valence-electron chi connectivity index (χ1n) is 9.69. The van der Waals surface area contributed by atoms with Crippen molar-refractivity contribution in [3.05, 3.63) is 34.9 Å². The molecule has 8 heteroatoms. The first-order chi connectivity index (χ1) is 13.3. The molecule has 2 heterocycles. The number of rotatable bonds is 1. The lowest BCUT2D eigenvalue weighted by molar-refractivity contribution is -0.145. The average Bonchev–Trinajstić information content (AvgIpc) is 2.58. The van der Waals surface area contributed by atoms with Crippen molar-refractivity contribution < 1.29 is 27.8 Å². The maximum atomic E-state index is 13.7. The van der Waals surface area contributed by atoms with Gasteiger partial charge in [0.05, 0.1) is 22.8 Å². The number of carbonyl (C=O) groups excluding carboxylic acids is 1. The summed E-state index contributed by atoms with van der Waals surface area (Å²) >= 11 is 0. The maximum Gasteiger partial charge on any atom is 0.416 e. The number of amides is 1. The van der Waals surface area contributed by atoms with Gasteiger partial charge in [0.25, 0.3) is 0 Å². The highest BCUT2D eigenvalue weighted by atomic mass is 19.4. The van der Waals surface area contributed by atoms with Gasteiger partial charge in [-0.2, -0.15) is 18.4 Å². The summed E-state index contributed by atoms with van der Waals surface area (Å²) in [6.07, 6.45) is -3.18. The second-order valence-electron chi connectivity index (χ2n) is 8.94. The Morgan fingerprint density at radius 3 is 2.31 bits per heavy atom. The van der Waals surface area contributed by atoms with Gasteiger partial charge in [0.15, 0.2) is 0 Å². The zero-order valence-electron chi connectivity index (χ0n) is 16.7. The molecule has 29 heavy (non-hydrogen) atoms. The molecule has 2 atom stereocenters. The topological polar surface area (TPSA) is 73.6 Å². The van der Waals surface area contributed by atoms with E-state index in [1.807, 2.05) is 0 Å². The molecule has 2 saturated heterocycles. The van der Waals surface area contributed by atoms with Crippen molar-refractivity contribution in [2.24, 2.45) is 0 Å². The number of aliphatic hydroxyl groups is 1. The van der Waals surface area contributed by atoms with Crippen LogP contribution in [0, 0.1) is 11.3 Å². The zero-order valence-corrected chi connectivity index (χ0v) is 16.7. The van der Waals surface area contributed by atoms with Crippen molar-refractivity contribution in [2.45, 2.75) is 82.3 Å². The molecule has 2 fully saturated rings. The van der Waals surface area contributed by atoms with E-state index in [1.54, 1.807) is 31.7 Å². The Morgan fingerprint density at radius 2 is 1.83 bits per heavy atom. The standard InChI is InChI=1S/C21H25F3N2O3/c1-19(2,3)29-18(27)26-14-5-4-6-15(26)11-20(28,10-14)16-8-7-13(12-25)9-17(16)21(22,23)24/h7-9,14-15,28H,4-6,10-11H2,1-3H3. The molecule has 2 aliphatic heterocycles. The van der Waals surface area contributed by atoms with Gasteiger partial charge in [-0.1, -0.05) is 6.07 Å². The summed E-state index contributed by atoms with van der Waals surface area (Å²) in [6, 6.07) is 4.17. The smallest absolute Gasteiger partial charge is 0.416 e. The molecule has 2 bridgehead atoms. The monoisotopic (exact) mass is 410 g/mol. The molecule has 0 saturated carbocycles. The minimum atomic E-state index is -4.70. The van der Waals surface area contributed by atoms with Gasteiger partial charge in [-0.05, 0) is 57.7 Å². The van der Waals surface area contributed by atoms with E-state index in [0.29, 0.717) is 12.8 Å². The lowest BCUT2D eigenvalue weighted by atomic mass is 9.71. The summed E-state index contributed by atoms with van der Waals surface area (Å²) in [4.78, 5) is 14.3. The Morgan fingerprint density at radius 1 is 1.24 bits per heavy atom. The Kier molecular flexibility index (Phi) is 5.33. The van der Waals surface area contributed by atoms with Crippen LogP contribution >= 0.6 is 0 Å². The van der Waals surface area contributed by atoms with Crippen molar-refractivity contribution in [2.75, 3.05) is 0 Å². The molecule has 1 amide bonds. The van der Waals surface area contributed by atoms with Crippen LogP contribution in [0.5, 0.6) is 0 Å². The summed E-state index contributed by atoms with van der Waals surface area (Å²) in [5.41, 5.74) is -3.76. The third-order valence-electron chi connectivity index (χ3n) is 5.57. The fraction of sp³-hybridized carbons (Fsp3) is 0.619. The number of nitrogens with zero attached hydrogens (tertiary/aromatic N) is 2. The lowest BCUT2D eigenvalue weighted by Crippen LogP contribution is -2.59. The Bertz CT molecular complexity index is 825. The average molecular weight is 410 g/mol. The highest BCUT2D eigenvalue weighted by Gasteiger charge is 2.51. The third-order valence-corrected chi connectivity index (χ3v) is 5.57. The molecule has 5 nitrogen and oxygen atoms in total. The largest absolute Gasteiger partial charge is 0.444 e. The molecule has 0 radical (unpaired) electrons. The van der Waals surface area contributed by atoms with E-state index in [9.17, 15) is 23.1 Å². The molecule has 0 spiro atoms. The van der Waals surface area contributed by atoms with Gasteiger partial charge < -0.3 is 14.7 Å². The van der Waals surface area contributed by atoms with Gasteiger partial charge in [0, 0.05) is 24.9 Å². The summed E-state index contributed by atoms with van der Waals surface area (Å²) in [7, 11) is 0. The predicted octanol–water partition coefficient (Wildman–Crippen LogP) is 4.72. The third kappa shape index (κ3) is 4.35. The van der Waals surface area contributed by atoms with E-state index < -0.39 is 41.1 Å². The van der Waals surface area contributed by atoms with E-state index in [-0.39, 0.29) is 24.0 Å². The molecule has 2 aliphatic rings. The van der Waals surface area contributed by atoms with Gasteiger partial charge in [-0.3, -0.25) is 0 Å². The number of hydrogen-bond donors (Lipinski definition) is 1. The Labute approximate surface area is 168 Å². The number of ether oxygens (including phenoxy) is 1. The van der Waals surface area contributed by atoms with Crippen molar-refractivity contribution in [3.8, 4) is 6.07 Å². The van der Waals surface area contributed by atoms with E-state index in [0.717, 1.165) is 12.5 Å². The van der Waals surface area contributed by atoms with E-state index in [4.69, 9.17) is 10.00 Å². The molecule has 2 unspecified atom stereocenters. The summed E-state index contributed by atoms with van der Waals surface area (Å²) in [6.45, 7) is 5.27. The highest BCUT2D eigenvalue weighted by Crippen LogP contribution is 2.48. The lowest BCUT2D eigenvalue weighted by Gasteiger charge is -2.52. The van der Waals surface area contributed by atoms with Gasteiger partial charge in [-0.25, -0.2) is 4.79 Å². The van der Waals surface area contributed by atoms with Crippen LogP contribution in [0.15, 0.2) is 18.2 Å². The normalized spacial score (nSPS) is 27.3. The SMILES string of the molecule is CC(C)(C)OC(=O)N1C2CCCC1CC(O)(c1ccc(C#N)cc1C(F)(F)F)C2. The minimum Gasteiger partial charge on any atom is -0.444 e. The number of nitriles is 1. The van der Waals surface area contributed by atoms with Crippen LogP contribution in [0.2, 0.25) is 0 Å². The first kappa shape index (κ1) is 21.4. The van der Waals surface area contributed by atoms with E-state index in [2.05, 4.69) is 0 Å². The molecule has 1 aromatic carbocycles. The number of alkyl halides is 3. The fourth-order valence-electron chi connectivity index (χ4n) is 4.52. The predicted molar refractivity (Wildman–Crippen MR) is 98.8 cm³/mol.